The molecule has 0 atom stereocenters. The van der Waals surface area contributed by atoms with Crippen molar-refractivity contribution in [1.82, 2.24) is 9.80 Å². The van der Waals surface area contributed by atoms with Gasteiger partial charge >= 0.3 is 0 Å². The molecule has 1 aromatic carbocycles. The molecule has 22 heavy (non-hydrogen) atoms. The summed E-state index contributed by atoms with van der Waals surface area (Å²) in [7, 11) is 0. The van der Waals surface area contributed by atoms with Gasteiger partial charge in [-0.15, -0.1) is 0 Å². The van der Waals surface area contributed by atoms with Gasteiger partial charge in [0.25, 0.3) is 0 Å². The minimum absolute atomic E-state index is 0.246. The zero-order valence-electron chi connectivity index (χ0n) is 14.7. The van der Waals surface area contributed by atoms with E-state index in [0.717, 1.165) is 12.2 Å². The van der Waals surface area contributed by atoms with Gasteiger partial charge in [0.2, 0.25) is 0 Å². The maximum Gasteiger partial charge on any atom is 0.119 e. The summed E-state index contributed by atoms with van der Waals surface area (Å²) in [5, 5.41) is 0. The predicted octanol–water partition coefficient (Wildman–Crippen LogP) is 3.43. The first-order valence-electron chi connectivity index (χ1n) is 8.76. The van der Waals surface area contributed by atoms with Crippen LogP contribution in [-0.2, 0) is 6.42 Å². The van der Waals surface area contributed by atoms with E-state index in [1.807, 2.05) is 0 Å². The molecule has 0 amide bonds. The fraction of sp³-hybridized carbons (Fsp3) is 0.684. The van der Waals surface area contributed by atoms with Gasteiger partial charge in [-0.05, 0) is 64.8 Å². The molecule has 0 N–H and O–H groups in total. The quantitative estimate of drug-likeness (QED) is 0.767. The molecule has 0 saturated carbocycles. The van der Waals surface area contributed by atoms with E-state index in [4.69, 9.17) is 4.74 Å². The Balaban J connectivity index is 1.66. The van der Waals surface area contributed by atoms with Crippen molar-refractivity contribution < 1.29 is 4.74 Å². The Labute approximate surface area is 136 Å². The van der Waals surface area contributed by atoms with Crippen molar-refractivity contribution in [3.8, 4) is 5.75 Å². The molecule has 0 radical (unpaired) electrons. The molecule has 2 rings (SSSR count). The van der Waals surface area contributed by atoms with Gasteiger partial charge in [0, 0.05) is 32.2 Å². The van der Waals surface area contributed by atoms with Gasteiger partial charge in [-0.1, -0.05) is 12.1 Å². The lowest BCUT2D eigenvalue weighted by molar-refractivity contribution is 0.108. The highest BCUT2D eigenvalue weighted by Gasteiger charge is 2.17. The van der Waals surface area contributed by atoms with Gasteiger partial charge in [0.15, 0.2) is 0 Å². The molecule has 3 nitrogen and oxygen atoms in total. The number of benzene rings is 1. The summed E-state index contributed by atoms with van der Waals surface area (Å²) in [4.78, 5) is 5.18. The number of rotatable bonds is 7. The van der Waals surface area contributed by atoms with E-state index < -0.39 is 0 Å². The number of ether oxygens (including phenoxy) is 1. The third kappa shape index (κ3) is 5.62. The Bertz CT molecular complexity index is 420. The first-order valence-corrected chi connectivity index (χ1v) is 8.76. The van der Waals surface area contributed by atoms with E-state index in [2.05, 4.69) is 61.8 Å². The monoisotopic (exact) mass is 304 g/mol. The third-order valence-corrected chi connectivity index (χ3v) is 4.37. The van der Waals surface area contributed by atoms with Gasteiger partial charge in [0.1, 0.15) is 5.75 Å². The second-order valence-electron chi connectivity index (χ2n) is 6.89. The number of hydrogen-bond acceptors (Lipinski definition) is 3. The Morgan fingerprint density at radius 2 is 1.59 bits per heavy atom. The lowest BCUT2D eigenvalue weighted by Gasteiger charge is -2.36. The molecule has 3 heteroatoms. The van der Waals surface area contributed by atoms with E-state index in [9.17, 15) is 0 Å². The highest BCUT2D eigenvalue weighted by Crippen LogP contribution is 2.15. The van der Waals surface area contributed by atoms with Crippen molar-refractivity contribution >= 4 is 0 Å². The van der Waals surface area contributed by atoms with Gasteiger partial charge in [-0.2, -0.15) is 0 Å². The average molecular weight is 304 g/mol. The number of nitrogens with zero attached hydrogens (tertiary/aromatic N) is 2. The van der Waals surface area contributed by atoms with Gasteiger partial charge < -0.3 is 9.64 Å². The fourth-order valence-corrected chi connectivity index (χ4v) is 3.02. The zero-order valence-corrected chi connectivity index (χ0v) is 14.7. The standard InChI is InChI=1S/C19H32N2O/c1-16(2)21-14-12-20(13-15-21)11-5-6-18-7-9-19(10-8-18)22-17(3)4/h7-10,16-17H,5-6,11-15H2,1-4H3. The lowest BCUT2D eigenvalue weighted by atomic mass is 10.1. The molecule has 0 aliphatic carbocycles. The maximum atomic E-state index is 5.69. The van der Waals surface area contributed by atoms with Crippen LogP contribution in [0.1, 0.15) is 39.7 Å². The largest absolute Gasteiger partial charge is 0.491 e. The maximum absolute atomic E-state index is 5.69. The van der Waals surface area contributed by atoms with Gasteiger partial charge in [-0.3, -0.25) is 4.90 Å². The number of hydrogen-bond donors (Lipinski definition) is 0. The minimum atomic E-state index is 0.246. The Morgan fingerprint density at radius 3 is 2.14 bits per heavy atom. The van der Waals surface area contributed by atoms with E-state index in [1.165, 1.54) is 44.7 Å². The van der Waals surface area contributed by atoms with Crippen LogP contribution in [-0.4, -0.2) is 54.7 Å². The van der Waals surface area contributed by atoms with Crippen molar-refractivity contribution in [2.75, 3.05) is 32.7 Å². The van der Waals surface area contributed by atoms with Crippen LogP contribution in [0.4, 0.5) is 0 Å². The summed E-state index contributed by atoms with van der Waals surface area (Å²) in [6.07, 6.45) is 2.65. The highest BCUT2D eigenvalue weighted by molar-refractivity contribution is 5.27. The van der Waals surface area contributed by atoms with Crippen molar-refractivity contribution in [1.29, 1.82) is 0 Å². The summed E-state index contributed by atoms with van der Waals surface area (Å²) in [5.41, 5.74) is 1.41. The molecule has 124 valence electrons. The van der Waals surface area contributed by atoms with Crippen molar-refractivity contribution in [3.63, 3.8) is 0 Å². The minimum Gasteiger partial charge on any atom is -0.491 e. The molecule has 1 aliphatic heterocycles. The normalized spacial score (nSPS) is 17.4. The molecule has 0 bridgehead atoms. The molecule has 1 saturated heterocycles. The molecular weight excluding hydrogens is 272 g/mol. The summed E-state index contributed by atoms with van der Waals surface area (Å²) in [5.74, 6) is 0.976. The first-order chi connectivity index (χ1) is 10.5. The Morgan fingerprint density at radius 1 is 0.955 bits per heavy atom. The van der Waals surface area contributed by atoms with Crippen LogP contribution in [0, 0.1) is 0 Å². The predicted molar refractivity (Wildman–Crippen MR) is 93.7 cm³/mol. The summed E-state index contributed by atoms with van der Waals surface area (Å²) in [6, 6.07) is 9.28. The Kier molecular flexibility index (Phi) is 6.71. The second-order valence-corrected chi connectivity index (χ2v) is 6.89. The van der Waals surface area contributed by atoms with Gasteiger partial charge in [-0.25, -0.2) is 0 Å². The van der Waals surface area contributed by atoms with Crippen LogP contribution >= 0.6 is 0 Å². The van der Waals surface area contributed by atoms with Gasteiger partial charge in [0.05, 0.1) is 6.10 Å². The molecule has 0 aromatic heterocycles. The van der Waals surface area contributed by atoms with Crippen LogP contribution in [0.3, 0.4) is 0 Å². The zero-order chi connectivity index (χ0) is 15.9. The third-order valence-electron chi connectivity index (χ3n) is 4.37. The van der Waals surface area contributed by atoms with E-state index in [0.29, 0.717) is 6.04 Å². The molecule has 1 aromatic rings. The van der Waals surface area contributed by atoms with E-state index in [1.54, 1.807) is 0 Å². The Hall–Kier alpha value is -1.06. The smallest absolute Gasteiger partial charge is 0.119 e. The number of piperazine rings is 1. The van der Waals surface area contributed by atoms with Crippen LogP contribution < -0.4 is 4.74 Å². The van der Waals surface area contributed by atoms with Crippen molar-refractivity contribution in [2.45, 2.75) is 52.7 Å². The lowest BCUT2D eigenvalue weighted by Crippen LogP contribution is -2.48. The SMILES string of the molecule is CC(C)Oc1ccc(CCCN2CCN(C(C)C)CC2)cc1. The molecule has 1 heterocycles. The fourth-order valence-electron chi connectivity index (χ4n) is 3.02. The molecule has 0 unspecified atom stereocenters. The molecular formula is C19H32N2O. The first kappa shape index (κ1) is 17.3. The van der Waals surface area contributed by atoms with Crippen LogP contribution in [0.5, 0.6) is 5.75 Å². The summed E-state index contributed by atoms with van der Waals surface area (Å²) in [6.45, 7) is 14.8. The van der Waals surface area contributed by atoms with Crippen LogP contribution in [0.25, 0.3) is 0 Å². The van der Waals surface area contributed by atoms with Crippen LogP contribution in [0.15, 0.2) is 24.3 Å². The van der Waals surface area contributed by atoms with E-state index >= 15 is 0 Å². The summed E-state index contributed by atoms with van der Waals surface area (Å²) >= 11 is 0. The number of aryl methyl sites for hydroxylation is 1. The van der Waals surface area contributed by atoms with E-state index in [-0.39, 0.29) is 6.10 Å². The van der Waals surface area contributed by atoms with Crippen molar-refractivity contribution in [3.05, 3.63) is 29.8 Å². The van der Waals surface area contributed by atoms with Crippen LogP contribution in [0.2, 0.25) is 0 Å². The topological polar surface area (TPSA) is 15.7 Å². The van der Waals surface area contributed by atoms with Crippen molar-refractivity contribution in [2.24, 2.45) is 0 Å². The molecule has 1 aliphatic rings. The molecule has 1 fully saturated rings. The second kappa shape index (κ2) is 8.54. The average Bonchev–Trinajstić information content (AvgIpc) is 2.49. The molecule has 0 spiro atoms. The highest BCUT2D eigenvalue weighted by atomic mass is 16.5. The summed E-state index contributed by atoms with van der Waals surface area (Å²) < 4.78 is 5.69.